The van der Waals surface area contributed by atoms with Crippen molar-refractivity contribution < 1.29 is 30.0 Å². The lowest BCUT2D eigenvalue weighted by molar-refractivity contribution is -0.0495. The molecule has 0 atom stereocenters. The highest BCUT2D eigenvalue weighted by molar-refractivity contribution is 8.32. The summed E-state index contributed by atoms with van der Waals surface area (Å²) in [5.41, 5.74) is -5.45. The van der Waals surface area contributed by atoms with Crippen LogP contribution in [0.4, 0.5) is 13.2 Å². The molecule has 0 radical (unpaired) electrons. The molecule has 0 spiro atoms. The number of alkyl halides is 3. The second-order valence-electron chi connectivity index (χ2n) is 3.41. The molecular formula is C7H14F3NO4S2. The smallest absolute Gasteiger partial charge is 0.481 e. The first kappa shape index (κ1) is 16.5. The fourth-order valence-corrected chi connectivity index (χ4v) is 3.99. The lowest BCUT2D eigenvalue weighted by atomic mass is 10.7. The molecule has 0 unspecified atom stereocenters. The zero-order valence-corrected chi connectivity index (χ0v) is 11.1. The number of hydrogen-bond donors (Lipinski definition) is 1. The van der Waals surface area contributed by atoms with Gasteiger partial charge in [0.2, 0.25) is 0 Å². The number of halogens is 3. The molecule has 0 rings (SSSR count). The Balaban J connectivity index is 4.72. The first-order chi connectivity index (χ1) is 7.41. The second kappa shape index (κ2) is 5.44. The van der Waals surface area contributed by atoms with E-state index >= 15 is 0 Å². The van der Waals surface area contributed by atoms with Crippen LogP contribution in [0.2, 0.25) is 0 Å². The van der Waals surface area contributed by atoms with Crippen LogP contribution in [0.25, 0.3) is 0 Å². The molecule has 0 amide bonds. The Bertz CT molecular complexity index is 377. The van der Waals surface area contributed by atoms with Crippen LogP contribution < -0.4 is 0 Å². The third-order valence-electron chi connectivity index (χ3n) is 1.35. The van der Waals surface area contributed by atoms with Crippen LogP contribution in [0.3, 0.4) is 0 Å². The van der Waals surface area contributed by atoms with E-state index in [1.165, 1.54) is 12.5 Å². The molecule has 0 aliphatic heterocycles. The van der Waals surface area contributed by atoms with Crippen LogP contribution in [0, 0.1) is 5.41 Å². The summed E-state index contributed by atoms with van der Waals surface area (Å²) in [6, 6.07) is 0. The Morgan fingerprint density at radius 2 is 1.76 bits per heavy atom. The van der Waals surface area contributed by atoms with Gasteiger partial charge < -0.3 is 4.74 Å². The van der Waals surface area contributed by atoms with Crippen LogP contribution in [-0.2, 0) is 18.5 Å². The first-order valence-electron chi connectivity index (χ1n) is 4.35. The Morgan fingerprint density at radius 1 is 1.29 bits per heavy atom. The van der Waals surface area contributed by atoms with Crippen LogP contribution in [0.15, 0.2) is 0 Å². The number of ether oxygens (including phenoxy) is 1. The van der Waals surface area contributed by atoms with Gasteiger partial charge in [0.05, 0.1) is 12.4 Å². The van der Waals surface area contributed by atoms with E-state index in [1.807, 2.05) is 0 Å². The van der Waals surface area contributed by atoms with Gasteiger partial charge in [0, 0.05) is 0 Å². The monoisotopic (exact) mass is 297 g/mol. The second-order valence-corrected chi connectivity index (χ2v) is 8.48. The van der Waals surface area contributed by atoms with E-state index in [9.17, 15) is 21.6 Å². The highest BCUT2D eigenvalue weighted by Crippen LogP contribution is 2.46. The van der Waals surface area contributed by atoms with E-state index in [-0.39, 0.29) is 18.3 Å². The molecule has 0 saturated carbocycles. The fourth-order valence-electron chi connectivity index (χ4n) is 0.837. The SMILES string of the molecule is CCOC(=N)CS(C)(C)OS(=O)(=O)C(F)(F)F. The van der Waals surface area contributed by atoms with Gasteiger partial charge in [0.15, 0.2) is 5.90 Å². The minimum atomic E-state index is -5.63. The molecule has 0 aromatic rings. The minimum absolute atomic E-state index is 0.181. The first-order valence-corrected chi connectivity index (χ1v) is 8.30. The van der Waals surface area contributed by atoms with Crippen molar-refractivity contribution in [2.75, 3.05) is 24.9 Å². The highest BCUT2D eigenvalue weighted by atomic mass is 32.3. The van der Waals surface area contributed by atoms with Gasteiger partial charge >= 0.3 is 15.6 Å². The molecule has 0 aromatic heterocycles. The predicted octanol–water partition coefficient (Wildman–Crippen LogP) is 1.85. The zero-order chi connectivity index (χ0) is 13.9. The minimum Gasteiger partial charge on any atom is -0.481 e. The third kappa shape index (κ3) is 5.59. The van der Waals surface area contributed by atoms with Gasteiger partial charge in [-0.15, -0.1) is 10.3 Å². The molecular weight excluding hydrogens is 283 g/mol. The van der Waals surface area contributed by atoms with Gasteiger partial charge in [-0.3, -0.25) is 5.41 Å². The number of nitrogens with one attached hydrogen (secondary N) is 1. The predicted molar refractivity (Wildman–Crippen MR) is 59.7 cm³/mol. The summed E-state index contributed by atoms with van der Waals surface area (Å²) in [4.78, 5) is 0. The maximum Gasteiger partial charge on any atom is 0.523 e. The lowest BCUT2D eigenvalue weighted by Crippen LogP contribution is -2.28. The molecule has 10 heteroatoms. The van der Waals surface area contributed by atoms with E-state index in [2.05, 4.69) is 3.63 Å². The normalized spacial score (nSPS) is 14.5. The van der Waals surface area contributed by atoms with Gasteiger partial charge in [0.1, 0.15) is 0 Å². The summed E-state index contributed by atoms with van der Waals surface area (Å²) in [6.07, 6.45) is 2.42. The molecule has 1 N–H and O–H groups in total. The van der Waals surface area contributed by atoms with Gasteiger partial charge in [-0.25, -0.2) is 3.63 Å². The summed E-state index contributed by atoms with van der Waals surface area (Å²) < 4.78 is 66.6. The maximum absolute atomic E-state index is 12.1. The molecule has 0 fully saturated rings. The molecule has 104 valence electrons. The summed E-state index contributed by atoms with van der Waals surface area (Å²) >= 11 is 0. The average Bonchev–Trinajstić information content (AvgIpc) is 1.97. The molecule has 0 aliphatic rings. The highest BCUT2D eigenvalue weighted by Gasteiger charge is 2.49. The van der Waals surface area contributed by atoms with Crippen molar-refractivity contribution >= 4 is 26.3 Å². The molecule has 0 saturated heterocycles. The number of rotatable bonds is 5. The van der Waals surface area contributed by atoms with Gasteiger partial charge in [-0.05, 0) is 19.4 Å². The largest absolute Gasteiger partial charge is 0.523 e. The van der Waals surface area contributed by atoms with E-state index in [0.29, 0.717) is 0 Å². The van der Waals surface area contributed by atoms with E-state index < -0.39 is 25.9 Å². The van der Waals surface area contributed by atoms with E-state index in [1.54, 1.807) is 6.92 Å². The summed E-state index contributed by atoms with van der Waals surface area (Å²) in [7, 11) is -8.23. The van der Waals surface area contributed by atoms with Crippen molar-refractivity contribution in [1.82, 2.24) is 0 Å². The van der Waals surface area contributed by atoms with Crippen molar-refractivity contribution in [2.45, 2.75) is 12.4 Å². The molecule has 0 aromatic carbocycles. The van der Waals surface area contributed by atoms with Crippen LogP contribution in [-0.4, -0.2) is 44.7 Å². The van der Waals surface area contributed by atoms with Crippen molar-refractivity contribution in [3.05, 3.63) is 0 Å². The van der Waals surface area contributed by atoms with Crippen LogP contribution in [0.5, 0.6) is 0 Å². The van der Waals surface area contributed by atoms with E-state index in [0.717, 1.165) is 0 Å². The zero-order valence-electron chi connectivity index (χ0n) is 9.50. The molecule has 5 nitrogen and oxygen atoms in total. The summed E-state index contributed by atoms with van der Waals surface area (Å²) in [5.74, 6) is -0.597. The van der Waals surface area contributed by atoms with Crippen molar-refractivity contribution in [2.24, 2.45) is 0 Å². The summed E-state index contributed by atoms with van der Waals surface area (Å²) in [5, 5.41) is 7.25. The Labute approximate surface area is 99.4 Å². The Hall–Kier alpha value is -0.480. The standard InChI is InChI=1S/C7H14F3NO4S2/c1-4-14-6(11)5-16(2,3)15-17(12,13)7(8,9)10/h11H,4-5H2,1-3H3. The van der Waals surface area contributed by atoms with Gasteiger partial charge in [-0.1, -0.05) is 0 Å². The molecule has 0 bridgehead atoms. The quantitative estimate of drug-likeness (QED) is 0.477. The Kier molecular flexibility index (Phi) is 5.29. The number of hydrogen-bond acceptors (Lipinski definition) is 5. The lowest BCUT2D eigenvalue weighted by Gasteiger charge is -2.29. The van der Waals surface area contributed by atoms with Crippen molar-refractivity contribution in [1.29, 1.82) is 5.41 Å². The van der Waals surface area contributed by atoms with Crippen molar-refractivity contribution in [3.8, 4) is 0 Å². The topological polar surface area (TPSA) is 76.5 Å². The van der Waals surface area contributed by atoms with Crippen LogP contribution >= 0.6 is 10.3 Å². The molecule has 0 heterocycles. The van der Waals surface area contributed by atoms with Gasteiger partial charge in [0.25, 0.3) is 0 Å². The van der Waals surface area contributed by atoms with Crippen LogP contribution in [0.1, 0.15) is 6.92 Å². The fraction of sp³-hybridized carbons (Fsp3) is 0.857. The molecule has 17 heavy (non-hydrogen) atoms. The van der Waals surface area contributed by atoms with Gasteiger partial charge in [-0.2, -0.15) is 21.6 Å². The maximum atomic E-state index is 12.1. The summed E-state index contributed by atoms with van der Waals surface area (Å²) in [6.45, 7) is 1.78. The van der Waals surface area contributed by atoms with Crippen molar-refractivity contribution in [3.63, 3.8) is 0 Å². The third-order valence-corrected chi connectivity index (χ3v) is 5.07. The molecule has 0 aliphatic carbocycles. The van der Waals surface area contributed by atoms with E-state index in [4.69, 9.17) is 10.1 Å². The Morgan fingerprint density at radius 3 is 2.12 bits per heavy atom. The average molecular weight is 297 g/mol.